The predicted octanol–water partition coefficient (Wildman–Crippen LogP) is 2.95. The fourth-order valence-electron chi connectivity index (χ4n) is 1.92. The number of benzene rings is 1. The van der Waals surface area contributed by atoms with E-state index >= 15 is 0 Å². The van der Waals surface area contributed by atoms with Crippen LogP contribution in [-0.2, 0) is 6.42 Å². The Balaban J connectivity index is 2.42. The lowest BCUT2D eigenvalue weighted by Gasteiger charge is -2.09. The second-order valence-electron chi connectivity index (χ2n) is 4.12. The molecule has 0 saturated carbocycles. The van der Waals surface area contributed by atoms with Crippen molar-refractivity contribution in [2.75, 3.05) is 0 Å². The maximum Gasteiger partial charge on any atom is 0.150 e. The van der Waals surface area contributed by atoms with Gasteiger partial charge in [0, 0.05) is 30.1 Å². The highest BCUT2D eigenvalue weighted by atomic mass is 16.1. The number of rotatable bonds is 4. The second kappa shape index (κ2) is 4.95. The van der Waals surface area contributed by atoms with E-state index in [1.807, 2.05) is 37.5 Å². The van der Waals surface area contributed by atoms with Gasteiger partial charge in [-0.2, -0.15) is 0 Å². The zero-order chi connectivity index (χ0) is 12.3. The minimum Gasteiger partial charge on any atom is -0.304 e. The number of hydrogen-bond donors (Lipinski definition) is 0. The molecule has 2 aromatic rings. The molecule has 1 aromatic carbocycles. The highest BCUT2D eigenvalue weighted by Gasteiger charge is 2.05. The van der Waals surface area contributed by atoms with Crippen LogP contribution in [0.3, 0.4) is 0 Å². The Labute approximate surface area is 101 Å². The molecule has 1 aromatic heterocycles. The molecule has 0 bridgehead atoms. The molecule has 0 aliphatic rings. The molecule has 0 fully saturated rings. The van der Waals surface area contributed by atoms with E-state index in [1.54, 1.807) is 0 Å². The molecular formula is C14H16N2O. The molecular weight excluding hydrogens is 212 g/mol. The molecule has 3 heteroatoms. The molecule has 3 nitrogen and oxygen atoms in total. The van der Waals surface area contributed by atoms with Crippen LogP contribution in [0, 0.1) is 6.92 Å². The minimum atomic E-state index is 0.742. The van der Waals surface area contributed by atoms with Crippen molar-refractivity contribution in [2.24, 2.45) is 0 Å². The molecule has 88 valence electrons. The quantitative estimate of drug-likeness (QED) is 0.754. The lowest BCUT2D eigenvalue weighted by atomic mass is 10.1. The molecule has 0 N–H and O–H groups in total. The van der Waals surface area contributed by atoms with Gasteiger partial charge in [-0.1, -0.05) is 6.92 Å². The van der Waals surface area contributed by atoms with Gasteiger partial charge >= 0.3 is 0 Å². The fraction of sp³-hybridized carbons (Fsp3) is 0.286. The molecule has 0 unspecified atom stereocenters. The van der Waals surface area contributed by atoms with E-state index in [9.17, 15) is 4.79 Å². The van der Waals surface area contributed by atoms with E-state index in [4.69, 9.17) is 0 Å². The van der Waals surface area contributed by atoms with Gasteiger partial charge in [0.25, 0.3) is 0 Å². The third-order valence-electron chi connectivity index (χ3n) is 2.85. The molecule has 0 saturated heterocycles. The molecule has 2 rings (SSSR count). The largest absolute Gasteiger partial charge is 0.304 e. The maximum absolute atomic E-state index is 10.8. The smallest absolute Gasteiger partial charge is 0.150 e. The molecule has 0 aliphatic heterocycles. The first-order valence-electron chi connectivity index (χ1n) is 5.84. The summed E-state index contributed by atoms with van der Waals surface area (Å²) in [6.07, 6.45) is 6.69. The first kappa shape index (κ1) is 11.6. The number of imidazole rings is 1. The lowest BCUT2D eigenvalue weighted by molar-refractivity contribution is 0.112. The Hall–Kier alpha value is -1.90. The number of carbonyl (C=O) groups is 1. The molecule has 1 heterocycles. The van der Waals surface area contributed by atoms with Gasteiger partial charge in [-0.05, 0) is 37.1 Å². The zero-order valence-corrected chi connectivity index (χ0v) is 10.2. The first-order chi connectivity index (χ1) is 8.26. The Morgan fingerprint density at radius 3 is 2.88 bits per heavy atom. The lowest BCUT2D eigenvalue weighted by Crippen LogP contribution is -2.01. The van der Waals surface area contributed by atoms with Crippen LogP contribution in [0.5, 0.6) is 0 Å². The summed E-state index contributed by atoms with van der Waals surface area (Å²) in [7, 11) is 0. The van der Waals surface area contributed by atoms with Crippen LogP contribution in [0.15, 0.2) is 30.6 Å². The summed E-state index contributed by atoms with van der Waals surface area (Å²) in [6.45, 7) is 4.09. The van der Waals surface area contributed by atoms with E-state index in [0.29, 0.717) is 0 Å². The predicted molar refractivity (Wildman–Crippen MR) is 67.7 cm³/mol. The normalized spacial score (nSPS) is 10.5. The number of carbonyl (C=O) groups excluding carboxylic acids is 1. The van der Waals surface area contributed by atoms with Crippen molar-refractivity contribution in [3.63, 3.8) is 0 Å². The standard InChI is InChI=1S/C14H16N2O/c1-3-4-14-15-7-8-16(14)13-6-5-12(10-17)11(2)9-13/h5-10H,3-4H2,1-2H3. The number of nitrogens with zero attached hydrogens (tertiary/aromatic N) is 2. The van der Waals surface area contributed by atoms with Crippen molar-refractivity contribution >= 4 is 6.29 Å². The van der Waals surface area contributed by atoms with Crippen molar-refractivity contribution in [3.05, 3.63) is 47.5 Å². The monoisotopic (exact) mass is 228 g/mol. The summed E-state index contributed by atoms with van der Waals surface area (Å²) in [6, 6.07) is 5.83. The van der Waals surface area contributed by atoms with E-state index in [-0.39, 0.29) is 0 Å². The number of aldehydes is 1. The van der Waals surface area contributed by atoms with Crippen molar-refractivity contribution in [2.45, 2.75) is 26.7 Å². The van der Waals surface area contributed by atoms with Crippen molar-refractivity contribution < 1.29 is 4.79 Å². The number of hydrogen-bond acceptors (Lipinski definition) is 2. The van der Waals surface area contributed by atoms with Gasteiger partial charge in [0.2, 0.25) is 0 Å². The van der Waals surface area contributed by atoms with E-state index in [2.05, 4.69) is 16.5 Å². The fourth-order valence-corrected chi connectivity index (χ4v) is 1.92. The average Bonchev–Trinajstić information content (AvgIpc) is 2.78. The van der Waals surface area contributed by atoms with Crippen LogP contribution in [0.2, 0.25) is 0 Å². The summed E-state index contributed by atoms with van der Waals surface area (Å²) in [4.78, 5) is 15.1. The Morgan fingerprint density at radius 1 is 1.41 bits per heavy atom. The minimum absolute atomic E-state index is 0.742. The molecule has 0 aliphatic carbocycles. The van der Waals surface area contributed by atoms with Gasteiger partial charge < -0.3 is 4.57 Å². The van der Waals surface area contributed by atoms with Gasteiger partial charge in [-0.3, -0.25) is 4.79 Å². The average molecular weight is 228 g/mol. The Kier molecular flexibility index (Phi) is 3.38. The van der Waals surface area contributed by atoms with E-state index in [1.165, 1.54) is 0 Å². The zero-order valence-electron chi connectivity index (χ0n) is 10.2. The summed E-state index contributed by atoms with van der Waals surface area (Å²) in [5.74, 6) is 1.06. The van der Waals surface area contributed by atoms with Crippen LogP contribution in [0.1, 0.15) is 35.1 Å². The second-order valence-corrected chi connectivity index (χ2v) is 4.12. The number of aryl methyl sites for hydroxylation is 2. The topological polar surface area (TPSA) is 34.9 Å². The van der Waals surface area contributed by atoms with Gasteiger partial charge in [0.05, 0.1) is 0 Å². The molecule has 0 radical (unpaired) electrons. The van der Waals surface area contributed by atoms with Crippen LogP contribution in [0.4, 0.5) is 0 Å². The summed E-state index contributed by atoms with van der Waals surface area (Å²) >= 11 is 0. The summed E-state index contributed by atoms with van der Waals surface area (Å²) < 4.78 is 2.07. The molecule has 0 spiro atoms. The third-order valence-corrected chi connectivity index (χ3v) is 2.85. The number of aromatic nitrogens is 2. The Bertz CT molecular complexity index is 529. The molecule has 0 amide bonds. The van der Waals surface area contributed by atoms with Crippen LogP contribution in [-0.4, -0.2) is 15.8 Å². The van der Waals surface area contributed by atoms with Crippen LogP contribution < -0.4 is 0 Å². The van der Waals surface area contributed by atoms with Gasteiger partial charge in [0.15, 0.2) is 0 Å². The SMILES string of the molecule is CCCc1nccn1-c1ccc(C=O)c(C)c1. The highest BCUT2D eigenvalue weighted by molar-refractivity contribution is 5.77. The van der Waals surface area contributed by atoms with Crippen molar-refractivity contribution in [1.29, 1.82) is 0 Å². The maximum atomic E-state index is 10.8. The van der Waals surface area contributed by atoms with Gasteiger partial charge in [0.1, 0.15) is 12.1 Å². The van der Waals surface area contributed by atoms with Gasteiger partial charge in [-0.25, -0.2) is 4.98 Å². The van der Waals surface area contributed by atoms with E-state index < -0.39 is 0 Å². The van der Waals surface area contributed by atoms with Crippen LogP contribution in [0.25, 0.3) is 5.69 Å². The Morgan fingerprint density at radius 2 is 2.24 bits per heavy atom. The molecule has 17 heavy (non-hydrogen) atoms. The highest BCUT2D eigenvalue weighted by Crippen LogP contribution is 2.16. The van der Waals surface area contributed by atoms with Crippen molar-refractivity contribution in [3.8, 4) is 5.69 Å². The summed E-state index contributed by atoms with van der Waals surface area (Å²) in [5, 5.41) is 0. The van der Waals surface area contributed by atoms with Crippen LogP contribution >= 0.6 is 0 Å². The van der Waals surface area contributed by atoms with E-state index in [0.717, 1.165) is 41.8 Å². The molecule has 0 atom stereocenters. The van der Waals surface area contributed by atoms with Gasteiger partial charge in [-0.15, -0.1) is 0 Å². The van der Waals surface area contributed by atoms with Crippen molar-refractivity contribution in [1.82, 2.24) is 9.55 Å². The summed E-state index contributed by atoms with van der Waals surface area (Å²) in [5.41, 5.74) is 2.80. The first-order valence-corrected chi connectivity index (χ1v) is 5.84. The third kappa shape index (κ3) is 2.28.